The van der Waals surface area contributed by atoms with Gasteiger partial charge in [0.2, 0.25) is 5.91 Å². The van der Waals surface area contributed by atoms with Crippen molar-refractivity contribution < 1.29 is 14.7 Å². The monoisotopic (exact) mass is 183 g/mol. The summed E-state index contributed by atoms with van der Waals surface area (Å²) >= 11 is 0. The molecule has 1 fully saturated rings. The Morgan fingerprint density at radius 3 is 2.77 bits per heavy atom. The Labute approximate surface area is 76.8 Å². The molecule has 0 aromatic heterocycles. The van der Waals surface area contributed by atoms with Crippen molar-refractivity contribution in [2.75, 3.05) is 13.1 Å². The minimum Gasteiger partial charge on any atom is -0.481 e. The number of amides is 1. The first-order valence-corrected chi connectivity index (χ1v) is 4.15. The molecule has 1 aliphatic rings. The van der Waals surface area contributed by atoms with Crippen molar-refractivity contribution in [3.63, 3.8) is 0 Å². The maximum absolute atomic E-state index is 11.2. The summed E-state index contributed by atoms with van der Waals surface area (Å²) in [6.45, 7) is 6.30. The predicted molar refractivity (Wildman–Crippen MR) is 47.1 cm³/mol. The number of carboxylic acid groups (broad SMARTS) is 1. The SMILES string of the molecule is C=C(C)CN1CC(C(=O)O)CC1=O. The first kappa shape index (κ1) is 9.77. The highest BCUT2D eigenvalue weighted by Gasteiger charge is 2.33. The Bertz CT molecular complexity index is 260. The zero-order chi connectivity index (χ0) is 10.0. The lowest BCUT2D eigenvalue weighted by molar-refractivity contribution is -0.141. The van der Waals surface area contributed by atoms with Crippen molar-refractivity contribution in [3.05, 3.63) is 12.2 Å². The summed E-state index contributed by atoms with van der Waals surface area (Å²) < 4.78 is 0. The number of hydrogen-bond acceptors (Lipinski definition) is 2. The van der Waals surface area contributed by atoms with Crippen LogP contribution in [0, 0.1) is 5.92 Å². The number of carboxylic acids is 1. The molecule has 0 aromatic carbocycles. The fourth-order valence-corrected chi connectivity index (χ4v) is 1.42. The molecule has 0 bridgehead atoms. The molecule has 0 radical (unpaired) electrons. The fourth-order valence-electron chi connectivity index (χ4n) is 1.42. The highest BCUT2D eigenvalue weighted by Crippen LogP contribution is 2.18. The molecule has 4 heteroatoms. The van der Waals surface area contributed by atoms with Gasteiger partial charge in [-0.1, -0.05) is 12.2 Å². The molecule has 0 saturated carbocycles. The Kier molecular flexibility index (Phi) is 2.70. The Balaban J connectivity index is 2.56. The van der Waals surface area contributed by atoms with E-state index in [1.54, 1.807) is 4.90 Å². The zero-order valence-electron chi connectivity index (χ0n) is 7.62. The van der Waals surface area contributed by atoms with Crippen LogP contribution >= 0.6 is 0 Å². The van der Waals surface area contributed by atoms with Crippen LogP contribution in [0.5, 0.6) is 0 Å². The van der Waals surface area contributed by atoms with Gasteiger partial charge in [0.15, 0.2) is 0 Å². The van der Waals surface area contributed by atoms with Gasteiger partial charge in [0.1, 0.15) is 0 Å². The van der Waals surface area contributed by atoms with Crippen LogP contribution < -0.4 is 0 Å². The summed E-state index contributed by atoms with van der Waals surface area (Å²) in [5, 5.41) is 8.68. The van der Waals surface area contributed by atoms with Gasteiger partial charge < -0.3 is 10.0 Å². The van der Waals surface area contributed by atoms with Gasteiger partial charge in [-0.3, -0.25) is 9.59 Å². The maximum atomic E-state index is 11.2. The van der Waals surface area contributed by atoms with E-state index in [1.165, 1.54) is 0 Å². The average molecular weight is 183 g/mol. The maximum Gasteiger partial charge on any atom is 0.308 e. The van der Waals surface area contributed by atoms with Gasteiger partial charge in [0.05, 0.1) is 5.92 Å². The fraction of sp³-hybridized carbons (Fsp3) is 0.556. The van der Waals surface area contributed by atoms with Crippen LogP contribution in [-0.2, 0) is 9.59 Å². The Morgan fingerprint density at radius 1 is 1.77 bits per heavy atom. The molecule has 72 valence electrons. The molecule has 1 heterocycles. The number of hydrogen-bond donors (Lipinski definition) is 1. The van der Waals surface area contributed by atoms with Gasteiger partial charge in [0.25, 0.3) is 0 Å². The Morgan fingerprint density at radius 2 is 2.38 bits per heavy atom. The van der Waals surface area contributed by atoms with Crippen molar-refractivity contribution in [1.82, 2.24) is 4.90 Å². The van der Waals surface area contributed by atoms with Gasteiger partial charge in [-0.25, -0.2) is 0 Å². The van der Waals surface area contributed by atoms with E-state index in [0.717, 1.165) is 5.57 Å². The van der Waals surface area contributed by atoms with Crippen LogP contribution in [0.15, 0.2) is 12.2 Å². The summed E-state index contributed by atoms with van der Waals surface area (Å²) in [5.74, 6) is -1.51. The summed E-state index contributed by atoms with van der Waals surface area (Å²) in [7, 11) is 0. The molecule has 0 aromatic rings. The van der Waals surface area contributed by atoms with Crippen LogP contribution in [0.1, 0.15) is 13.3 Å². The second-order valence-electron chi connectivity index (χ2n) is 3.47. The molecule has 1 N–H and O–H groups in total. The molecular weight excluding hydrogens is 170 g/mol. The Hall–Kier alpha value is -1.32. The van der Waals surface area contributed by atoms with Gasteiger partial charge in [0, 0.05) is 19.5 Å². The number of rotatable bonds is 3. The normalized spacial score (nSPS) is 22.1. The third kappa shape index (κ3) is 2.31. The molecule has 1 unspecified atom stereocenters. The van der Waals surface area contributed by atoms with Gasteiger partial charge in [-0.2, -0.15) is 0 Å². The van der Waals surface area contributed by atoms with Crippen LogP contribution in [0.25, 0.3) is 0 Å². The van der Waals surface area contributed by atoms with E-state index in [9.17, 15) is 9.59 Å². The lowest BCUT2D eigenvalue weighted by Gasteiger charge is -2.15. The largest absolute Gasteiger partial charge is 0.481 e. The van der Waals surface area contributed by atoms with E-state index in [-0.39, 0.29) is 12.3 Å². The van der Waals surface area contributed by atoms with Gasteiger partial charge >= 0.3 is 5.97 Å². The lowest BCUT2D eigenvalue weighted by atomic mass is 10.1. The van der Waals surface area contributed by atoms with Crippen molar-refractivity contribution >= 4 is 11.9 Å². The third-order valence-electron chi connectivity index (χ3n) is 2.02. The summed E-state index contributed by atoms with van der Waals surface area (Å²) in [6.07, 6.45) is 0.128. The number of aliphatic carboxylic acids is 1. The molecule has 0 aliphatic carbocycles. The van der Waals surface area contributed by atoms with E-state index < -0.39 is 11.9 Å². The smallest absolute Gasteiger partial charge is 0.308 e. The van der Waals surface area contributed by atoms with Crippen LogP contribution in [0.4, 0.5) is 0 Å². The topological polar surface area (TPSA) is 57.6 Å². The van der Waals surface area contributed by atoms with Crippen molar-refractivity contribution in [1.29, 1.82) is 0 Å². The first-order chi connectivity index (χ1) is 6.00. The summed E-state index contributed by atoms with van der Waals surface area (Å²) in [6, 6.07) is 0. The zero-order valence-corrected chi connectivity index (χ0v) is 7.62. The quantitative estimate of drug-likeness (QED) is 0.648. The van der Waals surface area contributed by atoms with Gasteiger partial charge in [-0.05, 0) is 6.92 Å². The molecule has 4 nitrogen and oxygen atoms in total. The minimum atomic E-state index is -0.891. The molecule has 1 aliphatic heterocycles. The molecular formula is C9H13NO3. The van der Waals surface area contributed by atoms with E-state index in [0.29, 0.717) is 13.1 Å². The number of carbonyl (C=O) groups excluding carboxylic acids is 1. The predicted octanol–water partition coefficient (Wildman–Crippen LogP) is 0.496. The number of nitrogens with zero attached hydrogens (tertiary/aromatic N) is 1. The second kappa shape index (κ2) is 3.60. The molecule has 1 rings (SSSR count). The number of carbonyl (C=O) groups is 2. The molecule has 1 amide bonds. The van der Waals surface area contributed by atoms with Crippen molar-refractivity contribution in [2.45, 2.75) is 13.3 Å². The lowest BCUT2D eigenvalue weighted by Crippen LogP contribution is -2.27. The highest BCUT2D eigenvalue weighted by molar-refractivity contribution is 5.86. The molecule has 1 atom stereocenters. The van der Waals surface area contributed by atoms with E-state index in [2.05, 4.69) is 6.58 Å². The second-order valence-corrected chi connectivity index (χ2v) is 3.47. The van der Waals surface area contributed by atoms with Crippen LogP contribution in [-0.4, -0.2) is 35.0 Å². The molecule has 0 spiro atoms. The first-order valence-electron chi connectivity index (χ1n) is 4.15. The van der Waals surface area contributed by atoms with Crippen molar-refractivity contribution in [3.8, 4) is 0 Å². The summed E-state index contributed by atoms with van der Waals surface area (Å²) in [5.41, 5.74) is 0.874. The van der Waals surface area contributed by atoms with E-state index in [4.69, 9.17) is 5.11 Å². The van der Waals surface area contributed by atoms with E-state index in [1.807, 2.05) is 6.92 Å². The van der Waals surface area contributed by atoms with Gasteiger partial charge in [-0.15, -0.1) is 0 Å². The summed E-state index contributed by atoms with van der Waals surface area (Å²) in [4.78, 5) is 23.4. The van der Waals surface area contributed by atoms with Crippen molar-refractivity contribution in [2.24, 2.45) is 5.92 Å². The highest BCUT2D eigenvalue weighted by atomic mass is 16.4. The van der Waals surface area contributed by atoms with Crippen LogP contribution in [0.2, 0.25) is 0 Å². The van der Waals surface area contributed by atoms with Crippen LogP contribution in [0.3, 0.4) is 0 Å². The third-order valence-corrected chi connectivity index (χ3v) is 2.02. The molecule has 13 heavy (non-hydrogen) atoms. The average Bonchev–Trinajstić information content (AvgIpc) is 2.31. The molecule has 1 saturated heterocycles. The minimum absolute atomic E-state index is 0.0876. The standard InChI is InChI=1S/C9H13NO3/c1-6(2)4-10-5-7(9(12)13)3-8(10)11/h7H,1,3-5H2,2H3,(H,12,13). The number of likely N-dealkylation sites (tertiary alicyclic amines) is 1. The van der Waals surface area contributed by atoms with E-state index >= 15 is 0 Å².